The summed E-state index contributed by atoms with van der Waals surface area (Å²) in [4.78, 5) is 0.709. The standard InChI is InChI=1S/C7H8ClF2NS/c8-6-2-1-5(12-6)4(11)3-7(9)10/h1-2,4,7H,3,11H2/t4-/m0/s1. The van der Waals surface area contributed by atoms with Gasteiger partial charge in [-0.1, -0.05) is 11.6 Å². The molecule has 0 aliphatic heterocycles. The first-order chi connectivity index (χ1) is 5.59. The van der Waals surface area contributed by atoms with Crippen LogP contribution in [0.5, 0.6) is 0 Å². The summed E-state index contributed by atoms with van der Waals surface area (Å²) in [6.45, 7) is 0. The van der Waals surface area contributed by atoms with Gasteiger partial charge in [-0.3, -0.25) is 0 Å². The highest BCUT2D eigenvalue weighted by Crippen LogP contribution is 2.28. The third kappa shape index (κ3) is 2.69. The van der Waals surface area contributed by atoms with Crippen LogP contribution in [0.1, 0.15) is 17.3 Å². The average molecular weight is 212 g/mol. The maximum Gasteiger partial charge on any atom is 0.240 e. The van der Waals surface area contributed by atoms with Crippen molar-refractivity contribution in [3.63, 3.8) is 0 Å². The Morgan fingerprint density at radius 3 is 2.58 bits per heavy atom. The van der Waals surface area contributed by atoms with E-state index in [-0.39, 0.29) is 6.42 Å². The molecular weight excluding hydrogens is 204 g/mol. The second-order valence-electron chi connectivity index (χ2n) is 2.38. The Morgan fingerprint density at radius 1 is 1.50 bits per heavy atom. The van der Waals surface area contributed by atoms with Crippen LogP contribution in [0.2, 0.25) is 4.34 Å². The third-order valence-corrected chi connectivity index (χ3v) is 2.75. The van der Waals surface area contributed by atoms with E-state index in [1.165, 1.54) is 11.3 Å². The first kappa shape index (κ1) is 9.89. The van der Waals surface area contributed by atoms with E-state index in [2.05, 4.69) is 0 Å². The normalized spacial score (nSPS) is 13.8. The van der Waals surface area contributed by atoms with Gasteiger partial charge >= 0.3 is 0 Å². The first-order valence-corrected chi connectivity index (χ1v) is 4.58. The Kier molecular flexibility index (Phi) is 3.43. The van der Waals surface area contributed by atoms with Gasteiger partial charge in [-0.15, -0.1) is 11.3 Å². The van der Waals surface area contributed by atoms with Gasteiger partial charge in [-0.05, 0) is 12.1 Å². The molecule has 1 nitrogen and oxygen atoms in total. The predicted octanol–water partition coefficient (Wildman–Crippen LogP) is 3.06. The van der Waals surface area contributed by atoms with E-state index < -0.39 is 12.5 Å². The quantitative estimate of drug-likeness (QED) is 0.817. The fraction of sp³-hybridized carbons (Fsp3) is 0.429. The lowest BCUT2D eigenvalue weighted by Crippen LogP contribution is -2.12. The SMILES string of the molecule is N[C@@H](CC(F)F)c1ccc(Cl)s1. The molecule has 1 aromatic rings. The second kappa shape index (κ2) is 4.16. The lowest BCUT2D eigenvalue weighted by atomic mass is 10.2. The number of rotatable bonds is 3. The van der Waals surface area contributed by atoms with Crippen LogP contribution in [0.4, 0.5) is 8.78 Å². The number of alkyl halides is 2. The molecule has 0 aromatic carbocycles. The molecule has 1 atom stereocenters. The molecule has 2 N–H and O–H groups in total. The van der Waals surface area contributed by atoms with Crippen LogP contribution in [0.15, 0.2) is 12.1 Å². The molecule has 1 aromatic heterocycles. The molecule has 0 saturated heterocycles. The van der Waals surface area contributed by atoms with Crippen LogP contribution in [-0.4, -0.2) is 6.43 Å². The van der Waals surface area contributed by atoms with Crippen molar-refractivity contribution in [3.05, 3.63) is 21.3 Å². The number of nitrogens with two attached hydrogens (primary N) is 1. The highest BCUT2D eigenvalue weighted by atomic mass is 35.5. The highest BCUT2D eigenvalue weighted by Gasteiger charge is 2.14. The summed E-state index contributed by atoms with van der Waals surface area (Å²) in [5.41, 5.74) is 5.48. The van der Waals surface area contributed by atoms with Crippen molar-refractivity contribution in [1.82, 2.24) is 0 Å². The van der Waals surface area contributed by atoms with E-state index in [4.69, 9.17) is 17.3 Å². The zero-order chi connectivity index (χ0) is 9.14. The monoisotopic (exact) mass is 211 g/mol. The third-order valence-electron chi connectivity index (χ3n) is 1.39. The molecule has 0 bridgehead atoms. The zero-order valence-corrected chi connectivity index (χ0v) is 7.71. The summed E-state index contributed by atoms with van der Waals surface area (Å²) in [5, 5.41) is 0. The number of hydrogen-bond donors (Lipinski definition) is 1. The van der Waals surface area contributed by atoms with Crippen molar-refractivity contribution >= 4 is 22.9 Å². The Balaban J connectivity index is 2.58. The number of hydrogen-bond acceptors (Lipinski definition) is 2. The molecule has 0 amide bonds. The molecule has 12 heavy (non-hydrogen) atoms. The molecule has 0 aliphatic carbocycles. The van der Waals surface area contributed by atoms with E-state index in [0.717, 1.165) is 0 Å². The molecule has 0 spiro atoms. The van der Waals surface area contributed by atoms with Gasteiger partial charge in [0.2, 0.25) is 6.43 Å². The fourth-order valence-corrected chi connectivity index (χ4v) is 1.91. The van der Waals surface area contributed by atoms with Crippen LogP contribution < -0.4 is 5.73 Å². The minimum absolute atomic E-state index is 0.309. The minimum atomic E-state index is -2.36. The molecule has 0 saturated carbocycles. The molecule has 0 aliphatic rings. The van der Waals surface area contributed by atoms with Crippen LogP contribution in [-0.2, 0) is 0 Å². The van der Waals surface area contributed by atoms with Crippen molar-refractivity contribution in [3.8, 4) is 0 Å². The smallest absolute Gasteiger partial charge is 0.240 e. The second-order valence-corrected chi connectivity index (χ2v) is 4.12. The molecule has 0 radical (unpaired) electrons. The summed E-state index contributed by atoms with van der Waals surface area (Å²) < 4.78 is 24.3. The first-order valence-electron chi connectivity index (χ1n) is 3.38. The molecule has 1 heterocycles. The van der Waals surface area contributed by atoms with E-state index in [9.17, 15) is 8.78 Å². The lowest BCUT2D eigenvalue weighted by Gasteiger charge is -2.07. The lowest BCUT2D eigenvalue weighted by molar-refractivity contribution is 0.129. The Morgan fingerprint density at radius 2 is 2.17 bits per heavy atom. The van der Waals surface area contributed by atoms with Gasteiger partial charge in [0.25, 0.3) is 0 Å². The number of thiophene rings is 1. The topological polar surface area (TPSA) is 26.0 Å². The molecular formula is C7H8ClF2NS. The highest BCUT2D eigenvalue weighted by molar-refractivity contribution is 7.16. The fourth-order valence-electron chi connectivity index (χ4n) is 0.836. The van der Waals surface area contributed by atoms with Crippen molar-refractivity contribution in [1.29, 1.82) is 0 Å². The Labute approximate surface area is 78.1 Å². The summed E-state index contributed by atoms with van der Waals surface area (Å²) in [6.07, 6.45) is -2.67. The van der Waals surface area contributed by atoms with E-state index in [1.807, 2.05) is 0 Å². The summed E-state index contributed by atoms with van der Waals surface area (Å²) >= 11 is 6.86. The predicted molar refractivity (Wildman–Crippen MR) is 46.9 cm³/mol. The van der Waals surface area contributed by atoms with Crippen molar-refractivity contribution < 1.29 is 8.78 Å². The van der Waals surface area contributed by atoms with Crippen molar-refractivity contribution in [2.24, 2.45) is 5.73 Å². The van der Waals surface area contributed by atoms with E-state index in [1.54, 1.807) is 12.1 Å². The van der Waals surface area contributed by atoms with Gasteiger partial charge in [-0.2, -0.15) is 0 Å². The van der Waals surface area contributed by atoms with Crippen molar-refractivity contribution in [2.75, 3.05) is 0 Å². The molecule has 68 valence electrons. The average Bonchev–Trinajstić information content (AvgIpc) is 2.34. The summed E-state index contributed by atoms with van der Waals surface area (Å²) in [6, 6.07) is 2.75. The van der Waals surface area contributed by atoms with Gasteiger partial charge in [0.05, 0.1) is 4.34 Å². The van der Waals surface area contributed by atoms with E-state index in [0.29, 0.717) is 9.21 Å². The molecule has 0 unspecified atom stereocenters. The molecule has 0 fully saturated rings. The largest absolute Gasteiger partial charge is 0.323 e. The zero-order valence-electron chi connectivity index (χ0n) is 6.14. The summed E-state index contributed by atoms with van der Waals surface area (Å²) in [5.74, 6) is 0. The summed E-state index contributed by atoms with van der Waals surface area (Å²) in [7, 11) is 0. The minimum Gasteiger partial charge on any atom is -0.323 e. The molecule has 1 rings (SSSR count). The van der Waals surface area contributed by atoms with Crippen LogP contribution in [0, 0.1) is 0 Å². The van der Waals surface area contributed by atoms with E-state index >= 15 is 0 Å². The Hall–Kier alpha value is -0.190. The maximum atomic E-state index is 11.9. The van der Waals surface area contributed by atoms with Crippen molar-refractivity contribution in [2.45, 2.75) is 18.9 Å². The van der Waals surface area contributed by atoms with Gasteiger partial charge in [0.15, 0.2) is 0 Å². The Bertz CT molecular complexity index is 251. The van der Waals surface area contributed by atoms with Crippen LogP contribution in [0.3, 0.4) is 0 Å². The van der Waals surface area contributed by atoms with Crippen LogP contribution >= 0.6 is 22.9 Å². The van der Waals surface area contributed by atoms with Crippen LogP contribution in [0.25, 0.3) is 0 Å². The van der Waals surface area contributed by atoms with Gasteiger partial charge in [0, 0.05) is 17.3 Å². The van der Waals surface area contributed by atoms with Gasteiger partial charge < -0.3 is 5.73 Å². The van der Waals surface area contributed by atoms with Gasteiger partial charge in [-0.25, -0.2) is 8.78 Å². The van der Waals surface area contributed by atoms with Gasteiger partial charge in [0.1, 0.15) is 0 Å². The number of halogens is 3. The molecule has 5 heteroatoms. The maximum absolute atomic E-state index is 11.9.